The molecule has 0 saturated carbocycles. The highest BCUT2D eigenvalue weighted by atomic mass is 16.6. The number of aromatic nitrogens is 5. The number of nitrogens with zero attached hydrogens (tertiary/aromatic N) is 8. The molecule has 0 aliphatic heterocycles. The third-order valence-corrected chi connectivity index (χ3v) is 5.23. The van der Waals surface area contributed by atoms with E-state index in [4.69, 9.17) is 9.78 Å². The molecule has 188 valence electrons. The molecule has 3 heterocycles. The van der Waals surface area contributed by atoms with Crippen LogP contribution in [0.1, 0.15) is 11.4 Å². The van der Waals surface area contributed by atoms with Gasteiger partial charge in [0.05, 0.1) is 27.8 Å². The van der Waals surface area contributed by atoms with Gasteiger partial charge in [0.25, 0.3) is 11.6 Å². The number of benzene rings is 1. The lowest BCUT2D eigenvalue weighted by molar-refractivity contribution is -0.385. The maximum absolute atomic E-state index is 10.8. The van der Waals surface area contributed by atoms with Crippen molar-refractivity contribution in [1.82, 2.24) is 30.0 Å². The maximum atomic E-state index is 10.8. The SMILES string of the molecule is CN(C)CCc1noc(-c2cnc(NCCNc3ccc([N+](=O)[O-])cn3)nc2-c2ccc(C#N)cc2)n1. The molecule has 0 spiro atoms. The van der Waals surface area contributed by atoms with E-state index in [1.54, 1.807) is 36.5 Å². The van der Waals surface area contributed by atoms with Crippen molar-refractivity contribution in [3.05, 3.63) is 70.3 Å². The molecule has 2 N–H and O–H groups in total. The second-order valence-electron chi connectivity index (χ2n) is 8.23. The third kappa shape index (κ3) is 6.59. The van der Waals surface area contributed by atoms with Gasteiger partial charge in [0.1, 0.15) is 12.0 Å². The van der Waals surface area contributed by atoms with E-state index in [9.17, 15) is 10.1 Å². The van der Waals surface area contributed by atoms with E-state index in [-0.39, 0.29) is 5.69 Å². The average molecular weight is 501 g/mol. The van der Waals surface area contributed by atoms with Gasteiger partial charge < -0.3 is 20.1 Å². The molecule has 0 aliphatic rings. The summed E-state index contributed by atoms with van der Waals surface area (Å²) in [5, 5.41) is 30.2. The Kier molecular flexibility index (Phi) is 7.91. The van der Waals surface area contributed by atoms with Crippen molar-refractivity contribution in [2.45, 2.75) is 6.42 Å². The third-order valence-electron chi connectivity index (χ3n) is 5.23. The summed E-state index contributed by atoms with van der Waals surface area (Å²) in [5.74, 6) is 1.80. The fraction of sp³-hybridized carbons (Fsp3) is 0.250. The molecule has 0 fully saturated rings. The van der Waals surface area contributed by atoms with Crippen LogP contribution in [0.5, 0.6) is 0 Å². The van der Waals surface area contributed by atoms with Gasteiger partial charge in [0.15, 0.2) is 5.82 Å². The second kappa shape index (κ2) is 11.6. The van der Waals surface area contributed by atoms with Crippen LogP contribution in [-0.2, 0) is 6.42 Å². The van der Waals surface area contributed by atoms with E-state index in [2.05, 4.69) is 41.8 Å². The van der Waals surface area contributed by atoms with E-state index in [0.717, 1.165) is 12.1 Å². The molecule has 4 rings (SSSR count). The Morgan fingerprint density at radius 1 is 1.05 bits per heavy atom. The van der Waals surface area contributed by atoms with Crippen LogP contribution in [0.15, 0.2) is 53.3 Å². The summed E-state index contributed by atoms with van der Waals surface area (Å²) in [7, 11) is 3.95. The van der Waals surface area contributed by atoms with Gasteiger partial charge in [-0.1, -0.05) is 17.3 Å². The normalized spacial score (nSPS) is 10.8. The first-order chi connectivity index (χ1) is 17.9. The van der Waals surface area contributed by atoms with Crippen molar-refractivity contribution >= 4 is 17.5 Å². The number of nitriles is 1. The number of nitro groups is 1. The number of nitrogens with one attached hydrogen (secondary N) is 2. The first kappa shape index (κ1) is 25.1. The molecular weight excluding hydrogens is 476 g/mol. The molecule has 13 heteroatoms. The molecule has 4 aromatic rings. The highest BCUT2D eigenvalue weighted by Crippen LogP contribution is 2.30. The van der Waals surface area contributed by atoms with Gasteiger partial charge in [-0.15, -0.1) is 0 Å². The lowest BCUT2D eigenvalue weighted by Gasteiger charge is -2.10. The molecule has 37 heavy (non-hydrogen) atoms. The number of pyridine rings is 1. The van der Waals surface area contributed by atoms with Crippen molar-refractivity contribution in [3.63, 3.8) is 0 Å². The monoisotopic (exact) mass is 500 g/mol. The van der Waals surface area contributed by atoms with Crippen LogP contribution in [0.25, 0.3) is 22.7 Å². The molecule has 1 aromatic carbocycles. The Morgan fingerprint density at radius 2 is 1.84 bits per heavy atom. The molecule has 0 radical (unpaired) electrons. The van der Waals surface area contributed by atoms with Crippen LogP contribution in [0.4, 0.5) is 17.5 Å². The van der Waals surface area contributed by atoms with E-state index in [1.807, 2.05) is 19.0 Å². The van der Waals surface area contributed by atoms with Crippen molar-refractivity contribution in [2.75, 3.05) is 44.4 Å². The second-order valence-corrected chi connectivity index (χ2v) is 8.23. The Hall–Kier alpha value is -4.96. The van der Waals surface area contributed by atoms with Gasteiger partial charge in [-0.25, -0.2) is 15.0 Å². The summed E-state index contributed by atoms with van der Waals surface area (Å²) >= 11 is 0. The van der Waals surface area contributed by atoms with Crippen molar-refractivity contribution < 1.29 is 9.45 Å². The standard InChI is InChI=1S/C24H24N10O3/c1-33(2)12-9-21-30-23(37-32-21)19-15-29-24(31-22(19)17-5-3-16(13-25)4-6-17)27-11-10-26-20-8-7-18(14-28-20)34(35)36/h3-8,14-15H,9-12H2,1-2H3,(H,26,28)(H,27,29,31). The van der Waals surface area contributed by atoms with Crippen LogP contribution in [0.2, 0.25) is 0 Å². The Morgan fingerprint density at radius 3 is 2.51 bits per heavy atom. The molecule has 0 atom stereocenters. The van der Waals surface area contributed by atoms with Gasteiger partial charge in [-0.3, -0.25) is 10.1 Å². The Labute approximate surface area is 212 Å². The summed E-state index contributed by atoms with van der Waals surface area (Å²) < 4.78 is 5.51. The van der Waals surface area contributed by atoms with Crippen molar-refractivity contribution in [2.24, 2.45) is 0 Å². The van der Waals surface area contributed by atoms with Crippen LogP contribution in [0.3, 0.4) is 0 Å². The summed E-state index contributed by atoms with van der Waals surface area (Å²) in [6, 6.07) is 12.1. The zero-order valence-corrected chi connectivity index (χ0v) is 20.2. The first-order valence-electron chi connectivity index (χ1n) is 11.4. The summed E-state index contributed by atoms with van der Waals surface area (Å²) in [6.45, 7) is 1.71. The Balaban J connectivity index is 1.50. The molecule has 0 unspecified atom stereocenters. The van der Waals surface area contributed by atoms with E-state index in [1.165, 1.54) is 12.3 Å². The van der Waals surface area contributed by atoms with E-state index >= 15 is 0 Å². The Bertz CT molecular complexity index is 1400. The quantitative estimate of drug-likeness (QED) is 0.175. The van der Waals surface area contributed by atoms with E-state index in [0.29, 0.717) is 59.8 Å². The fourth-order valence-corrected chi connectivity index (χ4v) is 3.30. The highest BCUT2D eigenvalue weighted by Gasteiger charge is 2.18. The largest absolute Gasteiger partial charge is 0.368 e. The first-order valence-corrected chi connectivity index (χ1v) is 11.4. The van der Waals surface area contributed by atoms with Gasteiger partial charge in [-0.05, 0) is 32.3 Å². The van der Waals surface area contributed by atoms with Gasteiger partial charge in [0, 0.05) is 43.9 Å². The average Bonchev–Trinajstić information content (AvgIpc) is 3.39. The van der Waals surface area contributed by atoms with Crippen LogP contribution in [0, 0.1) is 21.4 Å². The fourth-order valence-electron chi connectivity index (χ4n) is 3.30. The minimum absolute atomic E-state index is 0.0708. The molecular formula is C24H24N10O3. The van der Waals surface area contributed by atoms with Crippen LogP contribution >= 0.6 is 0 Å². The minimum Gasteiger partial charge on any atom is -0.368 e. The number of hydrogen-bond donors (Lipinski definition) is 2. The number of rotatable bonds is 11. The smallest absolute Gasteiger partial charge is 0.287 e. The molecule has 0 aliphatic carbocycles. The minimum atomic E-state index is -0.496. The lowest BCUT2D eigenvalue weighted by Crippen LogP contribution is -2.16. The highest BCUT2D eigenvalue weighted by molar-refractivity contribution is 5.77. The lowest BCUT2D eigenvalue weighted by atomic mass is 10.1. The van der Waals surface area contributed by atoms with Crippen molar-refractivity contribution in [1.29, 1.82) is 5.26 Å². The topological polar surface area (TPSA) is 172 Å². The van der Waals surface area contributed by atoms with E-state index < -0.39 is 4.92 Å². The van der Waals surface area contributed by atoms with Gasteiger partial charge >= 0.3 is 0 Å². The molecule has 0 saturated heterocycles. The number of likely N-dealkylation sites (N-methyl/N-ethyl adjacent to an activating group) is 1. The number of hydrogen-bond acceptors (Lipinski definition) is 12. The predicted molar refractivity (Wildman–Crippen MR) is 136 cm³/mol. The van der Waals surface area contributed by atoms with Gasteiger partial charge in [0.2, 0.25) is 5.95 Å². The molecule has 13 nitrogen and oxygen atoms in total. The summed E-state index contributed by atoms with van der Waals surface area (Å²) in [5.41, 5.74) is 2.38. The summed E-state index contributed by atoms with van der Waals surface area (Å²) in [4.78, 5) is 29.9. The molecule has 0 amide bonds. The van der Waals surface area contributed by atoms with Crippen LogP contribution in [-0.4, -0.2) is 68.6 Å². The van der Waals surface area contributed by atoms with Crippen molar-refractivity contribution in [3.8, 4) is 28.8 Å². The number of anilines is 2. The molecule has 3 aromatic heterocycles. The summed E-state index contributed by atoms with van der Waals surface area (Å²) in [6.07, 6.45) is 3.46. The van der Waals surface area contributed by atoms with Crippen LogP contribution < -0.4 is 10.6 Å². The van der Waals surface area contributed by atoms with Gasteiger partial charge in [-0.2, -0.15) is 10.2 Å². The predicted octanol–water partition coefficient (Wildman–Crippen LogP) is 3.00. The zero-order chi connectivity index (χ0) is 26.2. The molecule has 0 bridgehead atoms. The maximum Gasteiger partial charge on any atom is 0.287 e. The zero-order valence-electron chi connectivity index (χ0n) is 20.2.